The molecule has 1 aliphatic rings. The highest BCUT2D eigenvalue weighted by atomic mass is 32.1. The summed E-state index contributed by atoms with van der Waals surface area (Å²) in [7, 11) is 1.82. The molecule has 1 saturated carbocycles. The molecule has 1 aliphatic carbocycles. The first-order chi connectivity index (χ1) is 9.08. The van der Waals surface area contributed by atoms with Gasteiger partial charge in [0.2, 0.25) is 5.91 Å². The van der Waals surface area contributed by atoms with E-state index in [4.69, 9.17) is 5.11 Å². The molecule has 1 heterocycles. The fraction of sp³-hybridized carbons (Fsp3) is 0.571. The first kappa shape index (κ1) is 14.1. The van der Waals surface area contributed by atoms with Gasteiger partial charge in [0.1, 0.15) is 0 Å². The van der Waals surface area contributed by atoms with Crippen LogP contribution in [0, 0.1) is 11.8 Å². The van der Waals surface area contributed by atoms with E-state index in [2.05, 4.69) is 0 Å². The monoisotopic (exact) mass is 281 g/mol. The van der Waals surface area contributed by atoms with Crippen LogP contribution in [0.15, 0.2) is 17.5 Å². The summed E-state index contributed by atoms with van der Waals surface area (Å²) in [5, 5.41) is 11.0. The van der Waals surface area contributed by atoms with Crippen molar-refractivity contribution in [2.45, 2.75) is 32.2 Å². The Labute approximate surface area is 117 Å². The Bertz CT molecular complexity index is 436. The van der Waals surface area contributed by atoms with Crippen molar-refractivity contribution in [3.8, 4) is 0 Å². The van der Waals surface area contributed by atoms with Crippen LogP contribution in [0.4, 0.5) is 0 Å². The second-order valence-corrected chi connectivity index (χ2v) is 6.19. The second-order valence-electron chi connectivity index (χ2n) is 5.16. The molecule has 2 rings (SSSR count). The number of carboxylic acids is 1. The molecule has 0 atom stereocenters. The van der Waals surface area contributed by atoms with E-state index in [0.29, 0.717) is 32.2 Å². The topological polar surface area (TPSA) is 57.6 Å². The summed E-state index contributed by atoms with van der Waals surface area (Å²) >= 11 is 1.65. The molecule has 1 N–H and O–H groups in total. The molecule has 0 bridgehead atoms. The molecule has 0 spiro atoms. The molecule has 0 unspecified atom stereocenters. The van der Waals surface area contributed by atoms with Gasteiger partial charge in [0.25, 0.3) is 0 Å². The van der Waals surface area contributed by atoms with E-state index in [1.165, 1.54) is 4.88 Å². The van der Waals surface area contributed by atoms with Crippen LogP contribution in [0.5, 0.6) is 0 Å². The van der Waals surface area contributed by atoms with Gasteiger partial charge in [-0.1, -0.05) is 6.07 Å². The third kappa shape index (κ3) is 3.56. The zero-order valence-electron chi connectivity index (χ0n) is 11.0. The predicted octanol–water partition coefficient (Wildman–Crippen LogP) is 2.60. The highest BCUT2D eigenvalue weighted by molar-refractivity contribution is 7.09. The SMILES string of the molecule is CN(Cc1cccs1)C(=O)C1CCC(C(=O)O)CC1. The largest absolute Gasteiger partial charge is 0.481 e. The number of nitrogens with zero attached hydrogens (tertiary/aromatic N) is 1. The molecule has 5 heteroatoms. The second kappa shape index (κ2) is 6.19. The fourth-order valence-electron chi connectivity index (χ4n) is 2.61. The summed E-state index contributed by atoms with van der Waals surface area (Å²) in [5.41, 5.74) is 0. The van der Waals surface area contributed by atoms with Crippen molar-refractivity contribution in [3.63, 3.8) is 0 Å². The van der Waals surface area contributed by atoms with E-state index in [1.807, 2.05) is 24.6 Å². The molecule has 1 fully saturated rings. The number of thiophene rings is 1. The van der Waals surface area contributed by atoms with E-state index in [-0.39, 0.29) is 17.7 Å². The zero-order chi connectivity index (χ0) is 13.8. The van der Waals surface area contributed by atoms with E-state index in [1.54, 1.807) is 16.2 Å². The van der Waals surface area contributed by atoms with E-state index < -0.39 is 5.97 Å². The summed E-state index contributed by atoms with van der Waals surface area (Å²) in [6.45, 7) is 0.648. The fourth-order valence-corrected chi connectivity index (χ4v) is 3.37. The molecule has 0 radical (unpaired) electrons. The van der Waals surface area contributed by atoms with Gasteiger partial charge >= 0.3 is 5.97 Å². The maximum Gasteiger partial charge on any atom is 0.306 e. The highest BCUT2D eigenvalue weighted by Gasteiger charge is 2.31. The van der Waals surface area contributed by atoms with Crippen LogP contribution in [0.3, 0.4) is 0 Å². The molecule has 1 amide bonds. The first-order valence-corrected chi connectivity index (χ1v) is 7.46. The minimum Gasteiger partial charge on any atom is -0.481 e. The average Bonchev–Trinajstić information content (AvgIpc) is 2.90. The van der Waals surface area contributed by atoms with Crippen LogP contribution < -0.4 is 0 Å². The van der Waals surface area contributed by atoms with Gasteiger partial charge in [-0.05, 0) is 37.1 Å². The van der Waals surface area contributed by atoms with Crippen molar-refractivity contribution in [2.24, 2.45) is 11.8 Å². The zero-order valence-corrected chi connectivity index (χ0v) is 11.9. The van der Waals surface area contributed by atoms with Gasteiger partial charge in [0.15, 0.2) is 0 Å². The number of amides is 1. The lowest BCUT2D eigenvalue weighted by Crippen LogP contribution is -2.35. The third-order valence-corrected chi connectivity index (χ3v) is 4.64. The van der Waals surface area contributed by atoms with Crippen LogP contribution in [-0.2, 0) is 16.1 Å². The van der Waals surface area contributed by atoms with E-state index >= 15 is 0 Å². The Morgan fingerprint density at radius 1 is 1.32 bits per heavy atom. The number of aliphatic carboxylic acids is 1. The average molecular weight is 281 g/mol. The minimum absolute atomic E-state index is 0.000521. The van der Waals surface area contributed by atoms with Crippen molar-refractivity contribution in [1.82, 2.24) is 4.90 Å². The Balaban J connectivity index is 1.85. The maximum atomic E-state index is 12.3. The number of hydrogen-bond acceptors (Lipinski definition) is 3. The van der Waals surface area contributed by atoms with Gasteiger partial charge in [-0.3, -0.25) is 9.59 Å². The molecule has 19 heavy (non-hydrogen) atoms. The van der Waals surface area contributed by atoms with Crippen molar-refractivity contribution in [3.05, 3.63) is 22.4 Å². The lowest BCUT2D eigenvalue weighted by Gasteiger charge is -2.28. The van der Waals surface area contributed by atoms with Crippen LogP contribution in [-0.4, -0.2) is 28.9 Å². The molecule has 1 aromatic heterocycles. The minimum atomic E-state index is -0.724. The molecule has 104 valence electrons. The smallest absolute Gasteiger partial charge is 0.306 e. The summed E-state index contributed by atoms with van der Waals surface area (Å²) in [5.74, 6) is -0.831. The molecule has 4 nitrogen and oxygen atoms in total. The number of rotatable bonds is 4. The Morgan fingerprint density at radius 2 is 1.95 bits per heavy atom. The number of carbonyl (C=O) groups excluding carboxylic acids is 1. The van der Waals surface area contributed by atoms with Crippen molar-refractivity contribution in [1.29, 1.82) is 0 Å². The predicted molar refractivity (Wildman–Crippen MR) is 73.9 cm³/mol. The number of carbonyl (C=O) groups is 2. The molecule has 0 saturated heterocycles. The van der Waals surface area contributed by atoms with Crippen LogP contribution in [0.1, 0.15) is 30.6 Å². The van der Waals surface area contributed by atoms with Crippen LogP contribution in [0.2, 0.25) is 0 Å². The molecule has 1 aromatic rings. The molecule has 0 aliphatic heterocycles. The van der Waals surface area contributed by atoms with Gasteiger partial charge in [-0.15, -0.1) is 11.3 Å². The Kier molecular flexibility index (Phi) is 4.58. The first-order valence-electron chi connectivity index (χ1n) is 6.58. The van der Waals surface area contributed by atoms with Crippen LogP contribution >= 0.6 is 11.3 Å². The summed E-state index contributed by atoms with van der Waals surface area (Å²) in [4.78, 5) is 26.1. The normalized spacial score (nSPS) is 23.0. The lowest BCUT2D eigenvalue weighted by molar-refractivity contribution is -0.145. The van der Waals surface area contributed by atoms with Gasteiger partial charge in [-0.25, -0.2) is 0 Å². The Hall–Kier alpha value is -1.36. The summed E-state index contributed by atoms with van der Waals surface area (Å²) < 4.78 is 0. The standard InChI is InChI=1S/C14H19NO3S/c1-15(9-12-3-2-8-19-12)13(16)10-4-6-11(7-5-10)14(17)18/h2-3,8,10-11H,4-7,9H2,1H3,(H,17,18). The van der Waals surface area contributed by atoms with Crippen molar-refractivity contribution >= 4 is 23.2 Å². The van der Waals surface area contributed by atoms with E-state index in [9.17, 15) is 9.59 Å². The van der Waals surface area contributed by atoms with Crippen molar-refractivity contribution < 1.29 is 14.7 Å². The van der Waals surface area contributed by atoms with E-state index in [0.717, 1.165) is 0 Å². The number of hydrogen-bond donors (Lipinski definition) is 1. The van der Waals surface area contributed by atoms with Gasteiger partial charge < -0.3 is 10.0 Å². The lowest BCUT2D eigenvalue weighted by atomic mass is 9.81. The third-order valence-electron chi connectivity index (χ3n) is 3.77. The van der Waals surface area contributed by atoms with Gasteiger partial charge in [0.05, 0.1) is 12.5 Å². The summed E-state index contributed by atoms with van der Waals surface area (Å²) in [6.07, 6.45) is 2.65. The highest BCUT2D eigenvalue weighted by Crippen LogP contribution is 2.30. The molecular weight excluding hydrogens is 262 g/mol. The van der Waals surface area contributed by atoms with Crippen LogP contribution in [0.25, 0.3) is 0 Å². The van der Waals surface area contributed by atoms with Gasteiger partial charge in [0, 0.05) is 17.8 Å². The summed E-state index contributed by atoms with van der Waals surface area (Å²) in [6, 6.07) is 4.01. The Morgan fingerprint density at radius 3 is 2.47 bits per heavy atom. The molecular formula is C14H19NO3S. The quantitative estimate of drug-likeness (QED) is 0.923. The van der Waals surface area contributed by atoms with Crippen molar-refractivity contribution in [2.75, 3.05) is 7.05 Å². The number of carboxylic acid groups (broad SMARTS) is 1. The van der Waals surface area contributed by atoms with Gasteiger partial charge in [-0.2, -0.15) is 0 Å². The maximum absolute atomic E-state index is 12.3. The molecule has 0 aromatic carbocycles.